The number of benzene rings is 2. The van der Waals surface area contributed by atoms with E-state index >= 15 is 0 Å². The van der Waals surface area contributed by atoms with Gasteiger partial charge in [0.2, 0.25) is 0 Å². The summed E-state index contributed by atoms with van der Waals surface area (Å²) in [5.41, 5.74) is 1.80. The molecule has 0 aliphatic carbocycles. The molecule has 2 aromatic rings. The fourth-order valence-electron chi connectivity index (χ4n) is 1.97. The van der Waals surface area contributed by atoms with Gasteiger partial charge in [-0.25, -0.2) is 9.18 Å². The van der Waals surface area contributed by atoms with Crippen molar-refractivity contribution in [1.29, 1.82) is 0 Å². The average Bonchev–Trinajstić information content (AvgIpc) is 2.38. The zero-order chi connectivity index (χ0) is 14.7. The summed E-state index contributed by atoms with van der Waals surface area (Å²) < 4.78 is 13.9. The van der Waals surface area contributed by atoms with Crippen molar-refractivity contribution in [3.63, 3.8) is 0 Å². The van der Waals surface area contributed by atoms with Gasteiger partial charge >= 0.3 is 5.97 Å². The maximum atomic E-state index is 13.1. The first-order chi connectivity index (χ1) is 9.49. The number of carboxylic acid groups (broad SMARTS) is 1. The number of carboxylic acids is 1. The number of anilines is 1. The fraction of sp³-hybridized carbons (Fsp3) is 0.133. The van der Waals surface area contributed by atoms with Gasteiger partial charge in [0.15, 0.2) is 6.04 Å². The van der Waals surface area contributed by atoms with E-state index < -0.39 is 12.0 Å². The summed E-state index contributed by atoms with van der Waals surface area (Å²) in [4.78, 5) is 11.5. The molecule has 0 bridgehead atoms. The molecule has 20 heavy (non-hydrogen) atoms. The van der Waals surface area contributed by atoms with Crippen molar-refractivity contribution in [2.24, 2.45) is 0 Å². The summed E-state index contributed by atoms with van der Waals surface area (Å²) in [5, 5.41) is 12.4. The van der Waals surface area contributed by atoms with Crippen LogP contribution in [0.1, 0.15) is 17.2 Å². The molecule has 0 fully saturated rings. The molecule has 0 spiro atoms. The number of rotatable bonds is 4. The Kier molecular flexibility index (Phi) is 4.39. The third-order valence-corrected chi connectivity index (χ3v) is 3.65. The van der Waals surface area contributed by atoms with E-state index in [4.69, 9.17) is 0 Å². The van der Waals surface area contributed by atoms with Crippen LogP contribution in [-0.4, -0.2) is 11.1 Å². The van der Waals surface area contributed by atoms with Crippen molar-refractivity contribution in [2.45, 2.75) is 13.0 Å². The van der Waals surface area contributed by atoms with Crippen molar-refractivity contribution >= 4 is 27.6 Å². The quantitative estimate of drug-likeness (QED) is 0.881. The second kappa shape index (κ2) is 6.05. The molecule has 0 aliphatic rings. The molecule has 0 heterocycles. The Morgan fingerprint density at radius 2 is 2.00 bits per heavy atom. The molecule has 0 radical (unpaired) electrons. The molecule has 2 aromatic carbocycles. The van der Waals surface area contributed by atoms with Gasteiger partial charge in [-0.3, -0.25) is 0 Å². The molecule has 1 unspecified atom stereocenters. The van der Waals surface area contributed by atoms with Crippen molar-refractivity contribution in [3.8, 4) is 0 Å². The Labute approximate surface area is 124 Å². The van der Waals surface area contributed by atoms with Gasteiger partial charge in [0.25, 0.3) is 0 Å². The Hall–Kier alpha value is -1.88. The van der Waals surface area contributed by atoms with Crippen molar-refractivity contribution in [3.05, 3.63) is 63.9 Å². The molecule has 0 saturated heterocycles. The summed E-state index contributed by atoms with van der Waals surface area (Å²) in [6, 6.07) is 10.4. The highest BCUT2D eigenvalue weighted by atomic mass is 79.9. The van der Waals surface area contributed by atoms with Gasteiger partial charge in [-0.1, -0.05) is 18.2 Å². The molecule has 0 amide bonds. The van der Waals surface area contributed by atoms with Crippen molar-refractivity contribution in [1.82, 2.24) is 0 Å². The van der Waals surface area contributed by atoms with Crippen LogP contribution in [0.2, 0.25) is 0 Å². The number of aliphatic carboxylic acids is 1. The number of halogens is 2. The molecule has 3 nitrogen and oxygen atoms in total. The minimum Gasteiger partial charge on any atom is -0.479 e. The molecule has 0 aliphatic heterocycles. The number of nitrogens with one attached hydrogen (secondary N) is 1. The number of hydrogen-bond donors (Lipinski definition) is 2. The van der Waals surface area contributed by atoms with Crippen molar-refractivity contribution < 1.29 is 14.3 Å². The lowest BCUT2D eigenvalue weighted by Crippen LogP contribution is -2.21. The first-order valence-electron chi connectivity index (χ1n) is 5.99. The number of para-hydroxylation sites is 1. The lowest BCUT2D eigenvalue weighted by molar-refractivity contribution is -0.138. The van der Waals surface area contributed by atoms with Crippen LogP contribution in [0.25, 0.3) is 0 Å². The van der Waals surface area contributed by atoms with Gasteiger partial charge in [-0.05, 0) is 58.2 Å². The molecule has 5 heteroatoms. The van der Waals surface area contributed by atoms with Crippen LogP contribution in [0.3, 0.4) is 0 Å². The predicted octanol–water partition coefficient (Wildman–Crippen LogP) is 4.13. The number of carbonyl (C=O) groups is 1. The van der Waals surface area contributed by atoms with E-state index in [9.17, 15) is 14.3 Å². The first-order valence-corrected chi connectivity index (χ1v) is 6.78. The first kappa shape index (κ1) is 14.5. The van der Waals surface area contributed by atoms with Gasteiger partial charge in [0, 0.05) is 10.2 Å². The molecule has 2 N–H and O–H groups in total. The largest absolute Gasteiger partial charge is 0.479 e. The highest BCUT2D eigenvalue weighted by molar-refractivity contribution is 9.10. The summed E-state index contributed by atoms with van der Waals surface area (Å²) >= 11 is 3.36. The second-order valence-electron chi connectivity index (χ2n) is 4.40. The Morgan fingerprint density at radius 1 is 1.30 bits per heavy atom. The minimum absolute atomic E-state index is 0.378. The third-order valence-electron chi connectivity index (χ3n) is 2.96. The molecule has 2 rings (SSSR count). The summed E-state index contributed by atoms with van der Waals surface area (Å²) in [6.07, 6.45) is 0. The highest BCUT2D eigenvalue weighted by Crippen LogP contribution is 2.28. The van der Waals surface area contributed by atoms with Gasteiger partial charge in [0.05, 0.1) is 0 Å². The molecular formula is C15H13BrFNO2. The minimum atomic E-state index is -1.02. The Balaban J connectivity index is 2.37. The lowest BCUT2D eigenvalue weighted by Gasteiger charge is -2.19. The molecule has 0 aromatic heterocycles. The molecular weight excluding hydrogens is 325 g/mol. The fourth-order valence-corrected chi connectivity index (χ4v) is 2.37. The molecule has 104 valence electrons. The van der Waals surface area contributed by atoms with E-state index in [-0.39, 0.29) is 5.82 Å². The van der Waals surface area contributed by atoms with Crippen molar-refractivity contribution in [2.75, 3.05) is 5.32 Å². The topological polar surface area (TPSA) is 49.3 Å². The zero-order valence-electron chi connectivity index (χ0n) is 10.7. The lowest BCUT2D eigenvalue weighted by atomic mass is 10.0. The number of hydrogen-bond acceptors (Lipinski definition) is 2. The van der Waals surface area contributed by atoms with Crippen LogP contribution < -0.4 is 5.32 Å². The summed E-state index contributed by atoms with van der Waals surface area (Å²) in [6.45, 7) is 1.69. The second-order valence-corrected chi connectivity index (χ2v) is 5.25. The predicted molar refractivity (Wildman–Crippen MR) is 79.3 cm³/mol. The van der Waals surface area contributed by atoms with E-state index in [1.165, 1.54) is 18.2 Å². The van der Waals surface area contributed by atoms with Crippen LogP contribution in [0.4, 0.5) is 10.1 Å². The highest BCUT2D eigenvalue weighted by Gasteiger charge is 2.22. The average molecular weight is 338 g/mol. The third kappa shape index (κ3) is 3.17. The Bertz CT molecular complexity index is 646. The standard InChI is InChI=1S/C15H13BrFNO2/c1-9-8-10(17)6-7-11(9)14(15(19)20)18-13-5-3-2-4-12(13)16/h2-8,14,18H,1H3,(H,19,20). The SMILES string of the molecule is Cc1cc(F)ccc1C(Nc1ccccc1Br)C(=O)O. The van der Waals surface area contributed by atoms with Crippen LogP contribution in [-0.2, 0) is 4.79 Å². The smallest absolute Gasteiger partial charge is 0.330 e. The maximum Gasteiger partial charge on any atom is 0.330 e. The summed E-state index contributed by atoms with van der Waals surface area (Å²) in [7, 11) is 0. The van der Waals surface area contributed by atoms with Crippen LogP contribution in [0, 0.1) is 12.7 Å². The van der Waals surface area contributed by atoms with E-state index in [2.05, 4.69) is 21.2 Å². The van der Waals surface area contributed by atoms with Gasteiger partial charge in [0.1, 0.15) is 5.82 Å². The van der Waals surface area contributed by atoms with E-state index in [0.29, 0.717) is 16.8 Å². The molecule has 1 atom stereocenters. The monoisotopic (exact) mass is 337 g/mol. The van der Waals surface area contributed by atoms with Gasteiger partial charge in [-0.15, -0.1) is 0 Å². The van der Waals surface area contributed by atoms with Gasteiger partial charge < -0.3 is 10.4 Å². The molecule has 0 saturated carbocycles. The van der Waals surface area contributed by atoms with Crippen LogP contribution in [0.15, 0.2) is 46.9 Å². The van der Waals surface area contributed by atoms with E-state index in [1.807, 2.05) is 18.2 Å². The van der Waals surface area contributed by atoms with Gasteiger partial charge in [-0.2, -0.15) is 0 Å². The van der Waals surface area contributed by atoms with Crippen LogP contribution >= 0.6 is 15.9 Å². The van der Waals surface area contributed by atoms with E-state index in [0.717, 1.165) is 4.47 Å². The summed E-state index contributed by atoms with van der Waals surface area (Å²) in [5.74, 6) is -1.40. The van der Waals surface area contributed by atoms with Crippen LogP contribution in [0.5, 0.6) is 0 Å². The zero-order valence-corrected chi connectivity index (χ0v) is 12.3. The maximum absolute atomic E-state index is 13.1. The number of aryl methyl sites for hydroxylation is 1. The Morgan fingerprint density at radius 3 is 2.60 bits per heavy atom. The van der Waals surface area contributed by atoms with E-state index in [1.54, 1.807) is 13.0 Å². The normalized spacial score (nSPS) is 11.9.